The largest absolute Gasteiger partial charge is 0.497 e. The third kappa shape index (κ3) is 3.51. The fourth-order valence-corrected chi connectivity index (χ4v) is 4.35. The maximum Gasteiger partial charge on any atom is 0.344 e. The van der Waals surface area contributed by atoms with Crippen LogP contribution in [0.3, 0.4) is 0 Å². The van der Waals surface area contributed by atoms with Crippen molar-refractivity contribution in [1.29, 1.82) is 0 Å². The molecule has 4 rings (SSSR count). The maximum atomic E-state index is 13.0. The molecule has 0 aromatic heterocycles. The number of hydrazine groups is 1. The van der Waals surface area contributed by atoms with Crippen LogP contribution in [0.2, 0.25) is 0 Å². The number of carbonyl (C=O) groups is 5. The van der Waals surface area contributed by atoms with Gasteiger partial charge in [0, 0.05) is 13.0 Å². The number of urea groups is 1. The second kappa shape index (κ2) is 8.10. The molecule has 0 bridgehead atoms. The highest BCUT2D eigenvalue weighted by Gasteiger charge is 2.50. The lowest BCUT2D eigenvalue weighted by Gasteiger charge is -2.22. The van der Waals surface area contributed by atoms with Gasteiger partial charge in [-0.2, -0.15) is 5.01 Å². The number of rotatable bonds is 6. The first kappa shape index (κ1) is 21.5. The molecule has 2 aliphatic heterocycles. The molecule has 0 radical (unpaired) electrons. The Hall–Kier alpha value is -3.69. The van der Waals surface area contributed by atoms with E-state index in [0.717, 1.165) is 4.90 Å². The molecule has 1 aromatic rings. The molecule has 6 amide bonds. The van der Waals surface area contributed by atoms with E-state index in [-0.39, 0.29) is 36.6 Å². The van der Waals surface area contributed by atoms with E-state index >= 15 is 0 Å². The molecule has 2 saturated heterocycles. The molecule has 32 heavy (non-hydrogen) atoms. The lowest BCUT2D eigenvalue weighted by atomic mass is 9.85. The summed E-state index contributed by atoms with van der Waals surface area (Å²) in [7, 11) is 1.49. The second-order valence-electron chi connectivity index (χ2n) is 8.20. The van der Waals surface area contributed by atoms with Crippen LogP contribution in [-0.4, -0.2) is 53.2 Å². The topological polar surface area (TPSA) is 125 Å². The Labute approximate surface area is 184 Å². The number of carbonyl (C=O) groups excluding carboxylic acids is 5. The number of nitrogens with zero attached hydrogens (tertiary/aromatic N) is 2. The summed E-state index contributed by atoms with van der Waals surface area (Å²) >= 11 is 0. The van der Waals surface area contributed by atoms with Crippen molar-refractivity contribution in [3.63, 3.8) is 0 Å². The molecule has 1 aromatic carbocycles. The van der Waals surface area contributed by atoms with Gasteiger partial charge in [0.25, 0.3) is 5.91 Å². The van der Waals surface area contributed by atoms with Crippen molar-refractivity contribution in [2.45, 2.75) is 31.7 Å². The van der Waals surface area contributed by atoms with Crippen molar-refractivity contribution >= 4 is 29.7 Å². The molecule has 2 N–H and O–H groups in total. The van der Waals surface area contributed by atoms with Crippen LogP contribution < -0.4 is 15.5 Å². The monoisotopic (exact) mass is 440 g/mol. The normalized spacial score (nSPS) is 26.9. The van der Waals surface area contributed by atoms with Gasteiger partial charge in [-0.15, -0.1) is 0 Å². The summed E-state index contributed by atoms with van der Waals surface area (Å²) in [4.78, 5) is 64.0. The number of imide groups is 2. The zero-order chi connectivity index (χ0) is 23.0. The Morgan fingerprint density at radius 2 is 1.81 bits per heavy atom. The average Bonchev–Trinajstić information content (AvgIpc) is 3.17. The molecule has 10 heteroatoms. The Bertz CT molecular complexity index is 1010. The van der Waals surface area contributed by atoms with Gasteiger partial charge < -0.3 is 10.1 Å². The number of nitrogens with one attached hydrogen (secondary N) is 2. The summed E-state index contributed by atoms with van der Waals surface area (Å²) < 4.78 is 5.18. The van der Waals surface area contributed by atoms with E-state index < -0.39 is 23.4 Å². The third-order valence-electron chi connectivity index (χ3n) is 6.24. The van der Waals surface area contributed by atoms with Crippen molar-refractivity contribution < 1.29 is 28.7 Å². The molecule has 0 spiro atoms. The van der Waals surface area contributed by atoms with E-state index in [0.29, 0.717) is 29.2 Å². The van der Waals surface area contributed by atoms with E-state index in [1.165, 1.54) is 14.0 Å². The molecule has 0 unspecified atom stereocenters. The van der Waals surface area contributed by atoms with Gasteiger partial charge in [0.15, 0.2) is 0 Å². The van der Waals surface area contributed by atoms with Crippen LogP contribution in [0, 0.1) is 11.8 Å². The number of benzene rings is 1. The summed E-state index contributed by atoms with van der Waals surface area (Å²) in [6, 6.07) is 5.92. The Balaban J connectivity index is 1.39. The van der Waals surface area contributed by atoms with Gasteiger partial charge in [0.1, 0.15) is 11.3 Å². The maximum absolute atomic E-state index is 13.0. The van der Waals surface area contributed by atoms with Gasteiger partial charge in [-0.3, -0.25) is 29.5 Å². The lowest BCUT2D eigenvalue weighted by Crippen LogP contribution is -2.48. The van der Waals surface area contributed by atoms with Crippen molar-refractivity contribution in [1.82, 2.24) is 20.7 Å². The first-order valence-corrected chi connectivity index (χ1v) is 10.4. The van der Waals surface area contributed by atoms with E-state index in [4.69, 9.17) is 4.74 Å². The van der Waals surface area contributed by atoms with Crippen LogP contribution in [0.5, 0.6) is 5.75 Å². The van der Waals surface area contributed by atoms with Crippen LogP contribution in [0.1, 0.15) is 31.7 Å². The summed E-state index contributed by atoms with van der Waals surface area (Å²) in [6.45, 7) is 1.43. The first-order valence-electron chi connectivity index (χ1n) is 10.4. The van der Waals surface area contributed by atoms with Gasteiger partial charge in [0.2, 0.25) is 17.7 Å². The SMILES string of the molecule is COc1cccc([C@]2(C)NC(=O)N(NC(=O)CCN3C(=O)[C@@H]4CC=CC[C@H]4C3=O)C2=O)c1. The Morgan fingerprint density at radius 3 is 2.44 bits per heavy atom. The number of methoxy groups -OCH3 is 1. The molecular weight excluding hydrogens is 416 g/mol. The number of hydrogen-bond acceptors (Lipinski definition) is 6. The van der Waals surface area contributed by atoms with Crippen molar-refractivity contribution in [3.05, 3.63) is 42.0 Å². The second-order valence-corrected chi connectivity index (χ2v) is 8.20. The van der Waals surface area contributed by atoms with Crippen LogP contribution in [0.25, 0.3) is 0 Å². The van der Waals surface area contributed by atoms with Gasteiger partial charge in [0.05, 0.1) is 18.9 Å². The molecule has 1 aliphatic carbocycles. The van der Waals surface area contributed by atoms with Crippen LogP contribution in [0.4, 0.5) is 4.79 Å². The minimum absolute atomic E-state index is 0.104. The van der Waals surface area contributed by atoms with Crippen molar-refractivity contribution in [3.8, 4) is 5.75 Å². The predicted molar refractivity (Wildman–Crippen MR) is 111 cm³/mol. The Kier molecular flexibility index (Phi) is 5.45. The minimum Gasteiger partial charge on any atom is -0.497 e. The van der Waals surface area contributed by atoms with E-state index in [1.54, 1.807) is 24.3 Å². The van der Waals surface area contributed by atoms with E-state index in [2.05, 4.69) is 10.7 Å². The zero-order valence-corrected chi connectivity index (χ0v) is 17.8. The number of hydrogen-bond donors (Lipinski definition) is 2. The highest BCUT2D eigenvalue weighted by molar-refractivity contribution is 6.08. The molecule has 3 atom stereocenters. The van der Waals surface area contributed by atoms with Gasteiger partial charge in [-0.25, -0.2) is 4.79 Å². The summed E-state index contributed by atoms with van der Waals surface area (Å²) in [5.74, 6) is -2.10. The molecule has 2 fully saturated rings. The van der Waals surface area contributed by atoms with Crippen LogP contribution >= 0.6 is 0 Å². The Morgan fingerprint density at radius 1 is 1.16 bits per heavy atom. The molecule has 3 aliphatic rings. The summed E-state index contributed by atoms with van der Waals surface area (Å²) in [6.07, 6.45) is 4.59. The number of amides is 6. The highest BCUT2D eigenvalue weighted by atomic mass is 16.5. The minimum atomic E-state index is -1.39. The molecule has 168 valence electrons. The average molecular weight is 440 g/mol. The fourth-order valence-electron chi connectivity index (χ4n) is 4.35. The first-order chi connectivity index (χ1) is 15.3. The highest BCUT2D eigenvalue weighted by Crippen LogP contribution is 2.35. The van der Waals surface area contributed by atoms with Crippen molar-refractivity contribution in [2.75, 3.05) is 13.7 Å². The van der Waals surface area contributed by atoms with Gasteiger partial charge in [-0.1, -0.05) is 24.3 Å². The van der Waals surface area contributed by atoms with E-state index in [9.17, 15) is 24.0 Å². The quantitative estimate of drug-likeness (QED) is 0.384. The molecule has 2 heterocycles. The predicted octanol–water partition coefficient (Wildman–Crippen LogP) is 0.835. The van der Waals surface area contributed by atoms with Crippen LogP contribution in [0.15, 0.2) is 36.4 Å². The van der Waals surface area contributed by atoms with Gasteiger partial charge in [-0.05, 0) is 37.5 Å². The zero-order valence-electron chi connectivity index (χ0n) is 17.8. The molecular formula is C22H24N4O6. The molecule has 10 nitrogen and oxygen atoms in total. The van der Waals surface area contributed by atoms with Crippen LogP contribution in [-0.2, 0) is 24.7 Å². The fraction of sp³-hybridized carbons (Fsp3) is 0.409. The van der Waals surface area contributed by atoms with E-state index in [1.807, 2.05) is 12.2 Å². The summed E-state index contributed by atoms with van der Waals surface area (Å²) in [5.41, 5.74) is 1.40. The number of likely N-dealkylation sites (tertiary alicyclic amines) is 1. The lowest BCUT2D eigenvalue weighted by molar-refractivity contribution is -0.142. The summed E-state index contributed by atoms with van der Waals surface area (Å²) in [5, 5.41) is 3.21. The smallest absolute Gasteiger partial charge is 0.344 e. The third-order valence-corrected chi connectivity index (χ3v) is 6.24. The van der Waals surface area contributed by atoms with Crippen molar-refractivity contribution in [2.24, 2.45) is 11.8 Å². The number of fused-ring (bicyclic) bond motifs is 1. The number of ether oxygens (including phenoxy) is 1. The molecule has 0 saturated carbocycles. The standard InChI is InChI=1S/C22H24N4O6/c1-22(13-6-5-7-14(12-13)32-2)20(30)26(21(31)23-22)24-17(27)10-11-25-18(28)15-8-3-4-9-16(15)19(25)29/h3-7,12,15-16H,8-11H2,1-2H3,(H,23,31)(H,24,27)/t15-,16-,22+/m1/s1. The number of allylic oxidation sites excluding steroid dienone is 2. The van der Waals surface area contributed by atoms with Gasteiger partial charge >= 0.3 is 6.03 Å².